The van der Waals surface area contributed by atoms with Gasteiger partial charge >= 0.3 is 0 Å². The molecule has 0 spiro atoms. The molecule has 0 aliphatic heterocycles. The highest BCUT2D eigenvalue weighted by Crippen LogP contribution is 2.27. The number of ether oxygens (including phenoxy) is 1. The van der Waals surface area contributed by atoms with Gasteiger partial charge in [-0.05, 0) is 79.4 Å². The lowest BCUT2D eigenvalue weighted by Gasteiger charge is -2.15. The van der Waals surface area contributed by atoms with E-state index in [0.717, 1.165) is 0 Å². The number of hydrogen-bond acceptors (Lipinski definition) is 8. The van der Waals surface area contributed by atoms with Crippen LogP contribution < -0.4 is 20.5 Å². The van der Waals surface area contributed by atoms with Gasteiger partial charge in [0.1, 0.15) is 5.75 Å². The normalized spacial score (nSPS) is 11.9. The number of carbonyl (C=O) groups excluding carboxylic acids is 3. The Morgan fingerprint density at radius 1 is 1.02 bits per heavy atom. The van der Waals surface area contributed by atoms with Crippen LogP contribution in [0.25, 0.3) is 0 Å². The van der Waals surface area contributed by atoms with Gasteiger partial charge in [0.25, 0.3) is 21.8 Å². The van der Waals surface area contributed by atoms with E-state index in [0.29, 0.717) is 17.7 Å². The summed E-state index contributed by atoms with van der Waals surface area (Å²) in [7, 11) is -4.19. The smallest absolute Gasteiger partial charge is 0.264 e. The van der Waals surface area contributed by atoms with E-state index in [1.165, 1.54) is 54.6 Å². The fourth-order valence-electron chi connectivity index (χ4n) is 3.90. The van der Waals surface area contributed by atoms with Crippen LogP contribution in [0.3, 0.4) is 0 Å². The fourth-order valence-corrected chi connectivity index (χ4v) is 5.42. The first-order valence-electron chi connectivity index (χ1n) is 12.6. The molecule has 0 saturated heterocycles. The maximum atomic E-state index is 13.2. The summed E-state index contributed by atoms with van der Waals surface area (Å²) in [4.78, 5) is 37.9. The standard InChI is InChI=1S/C29H28Cl2N4O6S/c1-16(2)8-24(33)29(38)35-42(39,40)22-5-6-25(17(3)9-22)34-27(36)15-41-26-7-4-20(30)13-23(26)28(37)19-10-18(14-32)11-21(31)12-19/h4-7,9-13,16,24H,8,15,33H2,1-3H3,(H,34,36)(H,35,38). The minimum Gasteiger partial charge on any atom is -0.483 e. The Balaban J connectivity index is 1.71. The van der Waals surface area contributed by atoms with Gasteiger partial charge in [-0.25, -0.2) is 13.1 Å². The third kappa shape index (κ3) is 8.53. The van der Waals surface area contributed by atoms with E-state index in [-0.39, 0.29) is 43.3 Å². The van der Waals surface area contributed by atoms with Crippen LogP contribution in [0.2, 0.25) is 10.0 Å². The van der Waals surface area contributed by atoms with Crippen molar-refractivity contribution in [1.82, 2.24) is 4.72 Å². The van der Waals surface area contributed by atoms with Gasteiger partial charge in [0.15, 0.2) is 12.4 Å². The zero-order valence-electron chi connectivity index (χ0n) is 22.9. The second kappa shape index (κ2) is 13.8. The number of amides is 2. The molecule has 0 aliphatic rings. The highest BCUT2D eigenvalue weighted by Gasteiger charge is 2.24. The van der Waals surface area contributed by atoms with Crippen LogP contribution in [0.4, 0.5) is 5.69 Å². The number of nitrogens with one attached hydrogen (secondary N) is 2. The molecule has 0 bridgehead atoms. The van der Waals surface area contributed by atoms with Crippen LogP contribution in [0.15, 0.2) is 59.5 Å². The lowest BCUT2D eigenvalue weighted by Crippen LogP contribution is -2.44. The summed E-state index contributed by atoms with van der Waals surface area (Å²) in [5.74, 6) is -1.74. The molecule has 3 aromatic rings. The lowest BCUT2D eigenvalue weighted by atomic mass is 10.0. The van der Waals surface area contributed by atoms with Crippen molar-refractivity contribution in [1.29, 1.82) is 5.26 Å². The molecule has 0 heterocycles. The fraction of sp³-hybridized carbons (Fsp3) is 0.241. The minimum atomic E-state index is -4.19. The minimum absolute atomic E-state index is 0.0577. The number of ketones is 1. The van der Waals surface area contributed by atoms with Crippen LogP contribution in [-0.2, 0) is 19.6 Å². The Labute approximate surface area is 253 Å². The second-order valence-corrected chi connectivity index (χ2v) is 12.4. The average Bonchev–Trinajstić information content (AvgIpc) is 2.91. The number of nitrogens with zero attached hydrogens (tertiary/aromatic N) is 1. The van der Waals surface area contributed by atoms with Gasteiger partial charge in [-0.3, -0.25) is 14.4 Å². The molecular weight excluding hydrogens is 603 g/mol. The van der Waals surface area contributed by atoms with Gasteiger partial charge in [0.2, 0.25) is 0 Å². The predicted molar refractivity (Wildman–Crippen MR) is 159 cm³/mol. The van der Waals surface area contributed by atoms with Crippen LogP contribution >= 0.6 is 23.2 Å². The van der Waals surface area contributed by atoms with E-state index in [1.807, 2.05) is 24.6 Å². The maximum Gasteiger partial charge on any atom is 0.264 e. The van der Waals surface area contributed by atoms with Crippen molar-refractivity contribution < 1.29 is 27.5 Å². The van der Waals surface area contributed by atoms with Gasteiger partial charge in [0.05, 0.1) is 28.1 Å². The second-order valence-electron chi connectivity index (χ2n) is 9.83. The number of sulfonamides is 1. The summed E-state index contributed by atoms with van der Waals surface area (Å²) >= 11 is 12.1. The molecular formula is C29H28Cl2N4O6S. The first-order chi connectivity index (χ1) is 19.7. The van der Waals surface area contributed by atoms with E-state index in [4.69, 9.17) is 33.7 Å². The summed E-state index contributed by atoms with van der Waals surface area (Å²) in [5.41, 5.74) is 6.89. The van der Waals surface area contributed by atoms with Gasteiger partial charge in [0, 0.05) is 21.3 Å². The summed E-state index contributed by atoms with van der Waals surface area (Å²) < 4.78 is 33.0. The molecule has 0 aromatic heterocycles. The average molecular weight is 632 g/mol. The summed E-state index contributed by atoms with van der Waals surface area (Å²) in [6.45, 7) is 4.82. The van der Waals surface area contributed by atoms with Crippen molar-refractivity contribution >= 4 is 56.5 Å². The molecule has 42 heavy (non-hydrogen) atoms. The molecule has 13 heteroatoms. The quantitative estimate of drug-likeness (QED) is 0.258. The largest absolute Gasteiger partial charge is 0.483 e. The van der Waals surface area contributed by atoms with Crippen LogP contribution in [0.1, 0.15) is 47.3 Å². The highest BCUT2D eigenvalue weighted by molar-refractivity contribution is 7.90. The maximum absolute atomic E-state index is 13.2. The summed E-state index contributed by atoms with van der Waals surface area (Å²) in [6, 6.07) is 13.4. The van der Waals surface area contributed by atoms with Gasteiger partial charge < -0.3 is 15.8 Å². The van der Waals surface area contributed by atoms with E-state index < -0.39 is 40.3 Å². The molecule has 0 fully saturated rings. The Morgan fingerprint density at radius 3 is 2.38 bits per heavy atom. The molecule has 10 nitrogen and oxygen atoms in total. The number of nitriles is 1. The molecule has 220 valence electrons. The molecule has 0 aliphatic carbocycles. The topological polar surface area (TPSA) is 168 Å². The van der Waals surface area contributed by atoms with Crippen molar-refractivity contribution in [3.8, 4) is 11.8 Å². The number of carbonyl (C=O) groups is 3. The third-order valence-corrected chi connectivity index (χ3v) is 7.71. The SMILES string of the molecule is Cc1cc(S(=O)(=O)NC(=O)C(N)CC(C)C)ccc1NC(=O)COc1ccc(Cl)cc1C(=O)c1cc(Cl)cc(C#N)c1. The molecule has 3 rings (SSSR count). The molecule has 1 atom stereocenters. The molecule has 4 N–H and O–H groups in total. The van der Waals surface area contributed by atoms with Crippen LogP contribution in [-0.4, -0.2) is 38.7 Å². The van der Waals surface area contributed by atoms with E-state index in [1.54, 1.807) is 6.92 Å². The first kappa shape index (κ1) is 32.6. The third-order valence-electron chi connectivity index (χ3n) is 5.91. The Hall–Kier alpha value is -3.95. The molecule has 0 radical (unpaired) electrons. The summed E-state index contributed by atoms with van der Waals surface area (Å²) in [6.07, 6.45) is 0.321. The number of nitrogens with two attached hydrogens (primary N) is 1. The predicted octanol–water partition coefficient (Wildman–Crippen LogP) is 4.60. The Morgan fingerprint density at radius 2 is 1.74 bits per heavy atom. The summed E-state index contributed by atoms with van der Waals surface area (Å²) in [5, 5.41) is 12.3. The van der Waals surface area contributed by atoms with E-state index >= 15 is 0 Å². The first-order valence-corrected chi connectivity index (χ1v) is 14.8. The Kier molecular flexibility index (Phi) is 10.7. The van der Waals surface area contributed by atoms with E-state index in [9.17, 15) is 28.1 Å². The number of aryl methyl sites for hydroxylation is 1. The van der Waals surface area contributed by atoms with Crippen LogP contribution in [0, 0.1) is 24.2 Å². The van der Waals surface area contributed by atoms with Crippen molar-refractivity contribution in [2.45, 2.75) is 38.1 Å². The monoisotopic (exact) mass is 630 g/mol. The van der Waals surface area contributed by atoms with Crippen molar-refractivity contribution in [2.75, 3.05) is 11.9 Å². The number of anilines is 1. The number of hydrogen-bond donors (Lipinski definition) is 3. The highest BCUT2D eigenvalue weighted by atomic mass is 35.5. The zero-order valence-corrected chi connectivity index (χ0v) is 25.2. The zero-order chi connectivity index (χ0) is 31.2. The van der Waals surface area contributed by atoms with Crippen LogP contribution in [0.5, 0.6) is 5.75 Å². The van der Waals surface area contributed by atoms with Crippen molar-refractivity contribution in [2.24, 2.45) is 11.7 Å². The number of rotatable bonds is 11. The lowest BCUT2D eigenvalue weighted by molar-refractivity contribution is -0.121. The van der Waals surface area contributed by atoms with Gasteiger partial charge in [-0.1, -0.05) is 37.0 Å². The molecule has 0 saturated carbocycles. The van der Waals surface area contributed by atoms with Gasteiger partial charge in [-0.2, -0.15) is 5.26 Å². The molecule has 1 unspecified atom stereocenters. The van der Waals surface area contributed by atoms with E-state index in [2.05, 4.69) is 5.32 Å². The van der Waals surface area contributed by atoms with Gasteiger partial charge in [-0.15, -0.1) is 0 Å². The Bertz CT molecular complexity index is 1690. The van der Waals surface area contributed by atoms with Crippen molar-refractivity contribution in [3.63, 3.8) is 0 Å². The number of benzene rings is 3. The molecule has 3 aromatic carbocycles. The number of halogens is 2. The van der Waals surface area contributed by atoms with Crippen molar-refractivity contribution in [3.05, 3.63) is 86.9 Å². The molecule has 2 amide bonds.